The minimum absolute atomic E-state index is 0.0967. The molecule has 3 amide bonds. The molecule has 188 valence electrons. The maximum atomic E-state index is 13.5. The third-order valence-corrected chi connectivity index (χ3v) is 6.82. The number of aromatic nitrogens is 3. The summed E-state index contributed by atoms with van der Waals surface area (Å²) in [6.45, 7) is 4.38. The lowest BCUT2D eigenvalue weighted by Crippen LogP contribution is -2.56. The first kappa shape index (κ1) is 23.9. The lowest BCUT2D eigenvalue weighted by molar-refractivity contribution is -0.148. The Bertz CT molecular complexity index is 1310. The van der Waals surface area contributed by atoms with Gasteiger partial charge in [-0.2, -0.15) is 0 Å². The summed E-state index contributed by atoms with van der Waals surface area (Å²) >= 11 is 0. The number of anilines is 1. The summed E-state index contributed by atoms with van der Waals surface area (Å²) in [6.07, 6.45) is 4.73. The Morgan fingerprint density at radius 3 is 2.50 bits per heavy atom. The summed E-state index contributed by atoms with van der Waals surface area (Å²) in [7, 11) is 3.35. The second-order valence-electron chi connectivity index (χ2n) is 9.88. The highest BCUT2D eigenvalue weighted by Crippen LogP contribution is 2.38. The van der Waals surface area contributed by atoms with Gasteiger partial charge in [-0.3, -0.25) is 14.7 Å². The van der Waals surface area contributed by atoms with E-state index in [4.69, 9.17) is 9.72 Å². The standard InChI is InChI=1S/C26H30N6O4/c1-26(2,35)24(33)31-11-9-18(10-12-31)32-23-17(15-30(3)25(32)34)14-27-20-7-6-19(29-22(20)23)16-5-8-21(36-4)28-13-16/h5-8,13-14,18,35H,9-12,15H2,1-4H3. The summed E-state index contributed by atoms with van der Waals surface area (Å²) in [5.41, 5.74) is 3.22. The molecule has 1 fully saturated rings. The highest BCUT2D eigenvalue weighted by atomic mass is 16.5. The molecule has 3 aromatic rings. The minimum Gasteiger partial charge on any atom is -0.481 e. The first-order valence-corrected chi connectivity index (χ1v) is 12.0. The van der Waals surface area contributed by atoms with E-state index >= 15 is 0 Å². The van der Waals surface area contributed by atoms with Crippen molar-refractivity contribution < 1.29 is 19.4 Å². The Kier molecular flexibility index (Phi) is 5.99. The summed E-state index contributed by atoms with van der Waals surface area (Å²) in [6, 6.07) is 7.28. The van der Waals surface area contributed by atoms with Gasteiger partial charge in [0.1, 0.15) is 11.1 Å². The molecule has 0 aromatic carbocycles. The van der Waals surface area contributed by atoms with Gasteiger partial charge in [0, 0.05) is 55.8 Å². The molecular weight excluding hydrogens is 460 g/mol. The molecule has 36 heavy (non-hydrogen) atoms. The van der Waals surface area contributed by atoms with Crippen LogP contribution in [0.5, 0.6) is 5.88 Å². The number of amides is 3. The number of ether oxygens (including phenoxy) is 1. The molecule has 10 heteroatoms. The van der Waals surface area contributed by atoms with Crippen LogP contribution in [0.3, 0.4) is 0 Å². The van der Waals surface area contributed by atoms with Gasteiger partial charge >= 0.3 is 6.03 Å². The molecule has 10 nitrogen and oxygen atoms in total. The SMILES string of the molecule is COc1ccc(-c2ccc3ncc4c(c3n2)N(C2CCN(C(=O)C(C)(C)O)CC2)C(=O)N(C)C4)cn1. The zero-order chi connectivity index (χ0) is 25.6. The Hall–Kier alpha value is -3.79. The number of carbonyl (C=O) groups is 2. The number of hydrogen-bond donors (Lipinski definition) is 1. The van der Waals surface area contributed by atoms with E-state index in [1.807, 2.05) is 29.3 Å². The van der Waals surface area contributed by atoms with Crippen LogP contribution >= 0.6 is 0 Å². The second-order valence-corrected chi connectivity index (χ2v) is 9.88. The van der Waals surface area contributed by atoms with Crippen LogP contribution in [-0.2, 0) is 11.3 Å². The summed E-state index contributed by atoms with van der Waals surface area (Å²) in [5, 5.41) is 10.1. The number of aliphatic hydroxyl groups is 1. The Labute approximate surface area is 209 Å². The zero-order valence-electron chi connectivity index (χ0n) is 20.9. The van der Waals surface area contributed by atoms with Gasteiger partial charge in [-0.1, -0.05) is 0 Å². The monoisotopic (exact) mass is 490 g/mol. The number of likely N-dealkylation sites (tertiary alicyclic amines) is 1. The normalized spacial score (nSPS) is 16.9. The maximum absolute atomic E-state index is 13.5. The first-order valence-electron chi connectivity index (χ1n) is 12.0. The van der Waals surface area contributed by atoms with E-state index in [1.54, 1.807) is 36.2 Å². The van der Waals surface area contributed by atoms with Crippen LogP contribution in [0.2, 0.25) is 0 Å². The van der Waals surface area contributed by atoms with E-state index in [9.17, 15) is 14.7 Å². The molecule has 3 aromatic heterocycles. The Morgan fingerprint density at radius 2 is 1.86 bits per heavy atom. The van der Waals surface area contributed by atoms with Crippen LogP contribution in [0.1, 0.15) is 32.3 Å². The second kappa shape index (κ2) is 9.02. The van der Waals surface area contributed by atoms with Gasteiger partial charge in [0.05, 0.1) is 30.6 Å². The Balaban J connectivity index is 1.53. The third kappa shape index (κ3) is 4.21. The van der Waals surface area contributed by atoms with Crippen LogP contribution in [-0.4, -0.2) is 80.7 Å². The molecule has 5 heterocycles. The molecule has 0 aliphatic carbocycles. The smallest absolute Gasteiger partial charge is 0.324 e. The predicted molar refractivity (Wildman–Crippen MR) is 135 cm³/mol. The number of hydrogen-bond acceptors (Lipinski definition) is 7. The average Bonchev–Trinajstić information content (AvgIpc) is 2.88. The van der Waals surface area contributed by atoms with Gasteiger partial charge in [0.25, 0.3) is 5.91 Å². The zero-order valence-corrected chi connectivity index (χ0v) is 20.9. The summed E-state index contributed by atoms with van der Waals surface area (Å²) < 4.78 is 5.16. The van der Waals surface area contributed by atoms with E-state index < -0.39 is 5.60 Å². The number of piperidine rings is 1. The maximum Gasteiger partial charge on any atom is 0.324 e. The number of methoxy groups -OCH3 is 1. The molecule has 2 aliphatic heterocycles. The number of carbonyl (C=O) groups excluding carboxylic acids is 2. The van der Waals surface area contributed by atoms with E-state index in [-0.39, 0.29) is 18.0 Å². The molecule has 2 aliphatic rings. The number of rotatable bonds is 4. The van der Waals surface area contributed by atoms with Gasteiger partial charge in [0.2, 0.25) is 5.88 Å². The van der Waals surface area contributed by atoms with Crippen molar-refractivity contribution in [3.8, 4) is 17.1 Å². The van der Waals surface area contributed by atoms with Gasteiger partial charge in [0.15, 0.2) is 0 Å². The number of pyridine rings is 3. The van der Waals surface area contributed by atoms with Crippen molar-refractivity contribution in [2.24, 2.45) is 0 Å². The third-order valence-electron chi connectivity index (χ3n) is 6.82. The van der Waals surface area contributed by atoms with Crippen molar-refractivity contribution in [2.75, 3.05) is 32.1 Å². The van der Waals surface area contributed by atoms with Crippen molar-refractivity contribution in [2.45, 2.75) is 44.9 Å². The number of urea groups is 1. The molecule has 0 radical (unpaired) electrons. The fraction of sp³-hybridized carbons (Fsp3) is 0.423. The molecule has 0 atom stereocenters. The van der Waals surface area contributed by atoms with Crippen LogP contribution in [0.15, 0.2) is 36.7 Å². The molecule has 0 bridgehead atoms. The lowest BCUT2D eigenvalue weighted by Gasteiger charge is -2.43. The first-order chi connectivity index (χ1) is 17.2. The molecular formula is C26H30N6O4. The highest BCUT2D eigenvalue weighted by Gasteiger charge is 2.39. The number of nitrogens with zero attached hydrogens (tertiary/aromatic N) is 6. The van der Waals surface area contributed by atoms with Crippen LogP contribution in [0.4, 0.5) is 10.5 Å². The quantitative estimate of drug-likeness (QED) is 0.598. The molecule has 1 N–H and O–H groups in total. The van der Waals surface area contributed by atoms with Crippen molar-refractivity contribution in [1.82, 2.24) is 24.8 Å². The van der Waals surface area contributed by atoms with Gasteiger partial charge in [-0.15, -0.1) is 0 Å². The topological polar surface area (TPSA) is 112 Å². The molecule has 0 unspecified atom stereocenters. The average molecular weight is 491 g/mol. The molecule has 0 spiro atoms. The van der Waals surface area contributed by atoms with Crippen molar-refractivity contribution in [1.29, 1.82) is 0 Å². The predicted octanol–water partition coefficient (Wildman–Crippen LogP) is 2.83. The van der Waals surface area contributed by atoms with Crippen molar-refractivity contribution in [3.63, 3.8) is 0 Å². The van der Waals surface area contributed by atoms with Crippen molar-refractivity contribution in [3.05, 3.63) is 42.2 Å². The van der Waals surface area contributed by atoms with Gasteiger partial charge < -0.3 is 19.6 Å². The largest absolute Gasteiger partial charge is 0.481 e. The molecule has 1 saturated heterocycles. The number of fused-ring (bicyclic) bond motifs is 3. The summed E-state index contributed by atoms with van der Waals surface area (Å²) in [4.78, 5) is 45.1. The Morgan fingerprint density at radius 1 is 1.11 bits per heavy atom. The molecule has 0 saturated carbocycles. The van der Waals surface area contributed by atoms with E-state index in [1.165, 1.54) is 13.8 Å². The fourth-order valence-corrected chi connectivity index (χ4v) is 4.94. The summed E-state index contributed by atoms with van der Waals surface area (Å²) in [5.74, 6) is 0.227. The molecule has 5 rings (SSSR count). The van der Waals surface area contributed by atoms with E-state index in [0.717, 1.165) is 22.5 Å². The van der Waals surface area contributed by atoms with Crippen LogP contribution < -0.4 is 9.64 Å². The highest BCUT2D eigenvalue weighted by molar-refractivity contribution is 6.04. The minimum atomic E-state index is -1.42. The van der Waals surface area contributed by atoms with Crippen LogP contribution in [0, 0.1) is 0 Å². The van der Waals surface area contributed by atoms with Crippen LogP contribution in [0.25, 0.3) is 22.3 Å². The van der Waals surface area contributed by atoms with Crippen molar-refractivity contribution >= 4 is 28.7 Å². The lowest BCUT2D eigenvalue weighted by atomic mass is 9.98. The van der Waals surface area contributed by atoms with Gasteiger partial charge in [-0.05, 0) is 44.9 Å². The van der Waals surface area contributed by atoms with E-state index in [0.29, 0.717) is 49.4 Å². The van der Waals surface area contributed by atoms with E-state index in [2.05, 4.69) is 9.97 Å². The van der Waals surface area contributed by atoms with Gasteiger partial charge in [-0.25, -0.2) is 14.8 Å². The fourth-order valence-electron chi connectivity index (χ4n) is 4.94.